The van der Waals surface area contributed by atoms with Gasteiger partial charge in [0, 0.05) is 23.7 Å². The lowest BCUT2D eigenvalue weighted by Crippen LogP contribution is -2.39. The Morgan fingerprint density at radius 1 is 1.17 bits per heavy atom. The summed E-state index contributed by atoms with van der Waals surface area (Å²) in [5.74, 6) is 0.458. The number of hydrogen-bond donors (Lipinski definition) is 1. The van der Waals surface area contributed by atoms with Crippen molar-refractivity contribution in [3.8, 4) is 0 Å². The lowest BCUT2D eigenvalue weighted by atomic mass is 9.96. The number of nitrogens with zero attached hydrogens (tertiary/aromatic N) is 1. The number of carbonyl (C=O) groups is 1. The van der Waals surface area contributed by atoms with Crippen LogP contribution in [0.25, 0.3) is 0 Å². The van der Waals surface area contributed by atoms with Crippen LogP contribution in [0, 0.1) is 5.92 Å². The van der Waals surface area contributed by atoms with Crippen LogP contribution in [0.1, 0.15) is 43.8 Å². The lowest BCUT2D eigenvalue weighted by Gasteiger charge is -2.33. The molecule has 1 N–H and O–H groups in total. The van der Waals surface area contributed by atoms with Crippen molar-refractivity contribution in [1.29, 1.82) is 0 Å². The third-order valence-corrected chi connectivity index (χ3v) is 4.18. The van der Waals surface area contributed by atoms with Crippen molar-refractivity contribution in [2.45, 2.75) is 38.2 Å². The highest BCUT2D eigenvalue weighted by Crippen LogP contribution is 2.36. The summed E-state index contributed by atoms with van der Waals surface area (Å²) in [6, 6.07) is 7.73. The number of para-hydroxylation sites is 1. The van der Waals surface area contributed by atoms with Crippen molar-refractivity contribution >= 4 is 11.6 Å². The third kappa shape index (κ3) is 1.93. The number of aliphatic hydroxyl groups excluding tert-OH is 1. The summed E-state index contributed by atoms with van der Waals surface area (Å²) in [7, 11) is 0. The third-order valence-electron chi connectivity index (χ3n) is 4.18. The van der Waals surface area contributed by atoms with Crippen LogP contribution < -0.4 is 4.90 Å². The second kappa shape index (κ2) is 4.73. The number of amides is 1. The summed E-state index contributed by atoms with van der Waals surface area (Å²) in [5.41, 5.74) is 1.81. The summed E-state index contributed by atoms with van der Waals surface area (Å²) in [5, 5.41) is 9.99. The number of anilines is 1. The van der Waals surface area contributed by atoms with Crippen LogP contribution in [0.15, 0.2) is 24.3 Å². The smallest absolute Gasteiger partial charge is 0.230 e. The zero-order valence-corrected chi connectivity index (χ0v) is 10.5. The van der Waals surface area contributed by atoms with E-state index in [1.54, 1.807) is 0 Å². The quantitative estimate of drug-likeness (QED) is 0.826. The Kier molecular flexibility index (Phi) is 3.08. The van der Waals surface area contributed by atoms with Crippen LogP contribution in [0.2, 0.25) is 0 Å². The van der Waals surface area contributed by atoms with Crippen molar-refractivity contribution in [3.63, 3.8) is 0 Å². The maximum atomic E-state index is 12.5. The van der Waals surface area contributed by atoms with Gasteiger partial charge in [0.15, 0.2) is 0 Å². The molecule has 1 heterocycles. The van der Waals surface area contributed by atoms with Crippen molar-refractivity contribution < 1.29 is 9.90 Å². The summed E-state index contributed by atoms with van der Waals surface area (Å²) < 4.78 is 0. The molecular formula is C15H19NO2. The molecule has 0 spiro atoms. The van der Waals surface area contributed by atoms with Gasteiger partial charge in [-0.2, -0.15) is 0 Å². The normalized spacial score (nSPS) is 24.1. The average Bonchev–Trinajstić information content (AvgIpc) is 2.93. The van der Waals surface area contributed by atoms with Gasteiger partial charge in [-0.15, -0.1) is 0 Å². The maximum absolute atomic E-state index is 12.5. The van der Waals surface area contributed by atoms with E-state index in [9.17, 15) is 9.90 Å². The van der Waals surface area contributed by atoms with Gasteiger partial charge < -0.3 is 10.0 Å². The molecule has 3 heteroatoms. The molecule has 0 bridgehead atoms. The molecular weight excluding hydrogens is 226 g/mol. The highest BCUT2D eigenvalue weighted by molar-refractivity contribution is 5.96. The van der Waals surface area contributed by atoms with Crippen molar-refractivity contribution in [1.82, 2.24) is 0 Å². The van der Waals surface area contributed by atoms with Gasteiger partial charge in [-0.25, -0.2) is 0 Å². The number of carbonyl (C=O) groups excluding carboxylic acids is 1. The van der Waals surface area contributed by atoms with E-state index in [2.05, 4.69) is 0 Å². The van der Waals surface area contributed by atoms with Crippen LogP contribution >= 0.6 is 0 Å². The SMILES string of the molecule is O=C(C1CCCC1)N1CCC(O)c2ccccc21. The van der Waals surface area contributed by atoms with Gasteiger partial charge in [0.1, 0.15) is 0 Å². The van der Waals surface area contributed by atoms with E-state index in [4.69, 9.17) is 0 Å². The summed E-state index contributed by atoms with van der Waals surface area (Å²) in [4.78, 5) is 14.4. The Hall–Kier alpha value is -1.35. The van der Waals surface area contributed by atoms with Crippen LogP contribution in [-0.2, 0) is 4.79 Å². The summed E-state index contributed by atoms with van der Waals surface area (Å²) >= 11 is 0. The molecule has 1 amide bonds. The Morgan fingerprint density at radius 2 is 1.89 bits per heavy atom. The van der Waals surface area contributed by atoms with Crippen LogP contribution in [0.5, 0.6) is 0 Å². The van der Waals surface area contributed by atoms with E-state index >= 15 is 0 Å². The standard InChI is InChI=1S/C15H19NO2/c17-14-9-10-16(13-8-4-3-7-12(13)14)15(18)11-5-1-2-6-11/h3-4,7-8,11,14,17H,1-2,5-6,9-10H2. The Bertz CT molecular complexity index is 452. The second-order valence-electron chi connectivity index (χ2n) is 5.33. The van der Waals surface area contributed by atoms with Crippen LogP contribution in [0.3, 0.4) is 0 Å². The Morgan fingerprint density at radius 3 is 2.67 bits per heavy atom. The summed E-state index contributed by atoms with van der Waals surface area (Å²) in [6.45, 7) is 0.646. The van der Waals surface area contributed by atoms with E-state index in [0.29, 0.717) is 13.0 Å². The first-order valence-corrected chi connectivity index (χ1v) is 6.86. The molecule has 96 valence electrons. The molecule has 1 aliphatic carbocycles. The van der Waals surface area contributed by atoms with Gasteiger partial charge >= 0.3 is 0 Å². The Balaban J connectivity index is 1.89. The molecule has 1 saturated carbocycles. The van der Waals surface area contributed by atoms with E-state index in [0.717, 1.165) is 24.1 Å². The molecule has 0 radical (unpaired) electrons. The predicted octanol–water partition coefficient (Wildman–Crippen LogP) is 2.65. The molecule has 1 aromatic rings. The zero-order valence-electron chi connectivity index (χ0n) is 10.5. The fourth-order valence-electron chi connectivity index (χ4n) is 3.16. The summed E-state index contributed by atoms with van der Waals surface area (Å²) in [6.07, 6.45) is 4.63. The van der Waals surface area contributed by atoms with Gasteiger partial charge in [-0.1, -0.05) is 31.0 Å². The second-order valence-corrected chi connectivity index (χ2v) is 5.33. The topological polar surface area (TPSA) is 40.5 Å². The largest absolute Gasteiger partial charge is 0.388 e. The first kappa shape index (κ1) is 11.7. The van der Waals surface area contributed by atoms with Gasteiger partial charge in [-0.05, 0) is 25.3 Å². The number of rotatable bonds is 1. The number of aliphatic hydroxyl groups is 1. The molecule has 3 nitrogen and oxygen atoms in total. The molecule has 1 aliphatic heterocycles. The van der Waals surface area contributed by atoms with Gasteiger partial charge in [0.05, 0.1) is 6.10 Å². The zero-order chi connectivity index (χ0) is 12.5. The van der Waals surface area contributed by atoms with Crippen molar-refractivity contribution in [3.05, 3.63) is 29.8 Å². The molecule has 3 rings (SSSR count). The minimum atomic E-state index is -0.422. The minimum Gasteiger partial charge on any atom is -0.388 e. The Labute approximate surface area is 107 Å². The number of fused-ring (bicyclic) bond motifs is 1. The first-order chi connectivity index (χ1) is 8.77. The minimum absolute atomic E-state index is 0.202. The maximum Gasteiger partial charge on any atom is 0.230 e. The van der Waals surface area contributed by atoms with E-state index in [-0.39, 0.29) is 11.8 Å². The molecule has 1 unspecified atom stereocenters. The lowest BCUT2D eigenvalue weighted by molar-refractivity contribution is -0.122. The van der Waals surface area contributed by atoms with E-state index < -0.39 is 6.10 Å². The average molecular weight is 245 g/mol. The van der Waals surface area contributed by atoms with Crippen LogP contribution in [-0.4, -0.2) is 17.6 Å². The molecule has 1 fully saturated rings. The molecule has 1 atom stereocenters. The number of hydrogen-bond acceptors (Lipinski definition) is 2. The van der Waals surface area contributed by atoms with Crippen LogP contribution in [0.4, 0.5) is 5.69 Å². The number of benzene rings is 1. The van der Waals surface area contributed by atoms with Gasteiger partial charge in [-0.3, -0.25) is 4.79 Å². The monoisotopic (exact) mass is 245 g/mol. The highest BCUT2D eigenvalue weighted by atomic mass is 16.3. The van der Waals surface area contributed by atoms with Gasteiger partial charge in [0.2, 0.25) is 5.91 Å². The first-order valence-electron chi connectivity index (χ1n) is 6.86. The fourth-order valence-corrected chi connectivity index (χ4v) is 3.16. The molecule has 1 aromatic carbocycles. The molecule has 0 saturated heterocycles. The van der Waals surface area contributed by atoms with E-state index in [1.165, 1.54) is 12.8 Å². The molecule has 0 aromatic heterocycles. The van der Waals surface area contributed by atoms with Crippen molar-refractivity contribution in [2.24, 2.45) is 5.92 Å². The molecule has 18 heavy (non-hydrogen) atoms. The van der Waals surface area contributed by atoms with E-state index in [1.807, 2.05) is 29.2 Å². The predicted molar refractivity (Wildman–Crippen MR) is 70.3 cm³/mol. The fraction of sp³-hybridized carbons (Fsp3) is 0.533. The van der Waals surface area contributed by atoms with Gasteiger partial charge in [0.25, 0.3) is 0 Å². The molecule has 2 aliphatic rings. The van der Waals surface area contributed by atoms with Crippen molar-refractivity contribution in [2.75, 3.05) is 11.4 Å². The highest BCUT2D eigenvalue weighted by Gasteiger charge is 2.32.